The van der Waals surface area contributed by atoms with Crippen LogP contribution in [0.4, 0.5) is 0 Å². The quantitative estimate of drug-likeness (QED) is 0.497. The zero-order valence-corrected chi connectivity index (χ0v) is 13.7. The summed E-state index contributed by atoms with van der Waals surface area (Å²) in [5.74, 6) is 0. The Hall–Kier alpha value is -1.57. The first-order valence-corrected chi connectivity index (χ1v) is 11.1. The Morgan fingerprint density at radius 1 is 0.810 bits per heavy atom. The molecule has 2 aromatic carbocycles. The number of benzene rings is 2. The first kappa shape index (κ1) is 13.1. The molecule has 0 aromatic heterocycles. The average Bonchev–Trinajstić information content (AvgIpc) is 3.14. The summed E-state index contributed by atoms with van der Waals surface area (Å²) in [7, 11) is -2.04. The van der Waals surface area contributed by atoms with E-state index in [2.05, 4.69) is 79.4 Å². The molecular formula is C19H17ClSi. The van der Waals surface area contributed by atoms with Crippen LogP contribution in [0.25, 0.3) is 11.1 Å². The molecule has 1 atom stereocenters. The molecule has 0 saturated carbocycles. The first-order valence-electron chi connectivity index (χ1n) is 7.42. The molecule has 0 spiro atoms. The van der Waals surface area contributed by atoms with Crippen LogP contribution in [0.15, 0.2) is 72.8 Å². The highest BCUT2D eigenvalue weighted by molar-refractivity contribution is 7.22. The molecule has 0 nitrogen and oxygen atoms in total. The Balaban J connectivity index is 1.93. The molecule has 0 amide bonds. The number of halogens is 1. The van der Waals surface area contributed by atoms with Gasteiger partial charge in [-0.25, -0.2) is 0 Å². The van der Waals surface area contributed by atoms with Gasteiger partial charge in [-0.3, -0.25) is 0 Å². The maximum atomic E-state index is 7.24. The van der Waals surface area contributed by atoms with Gasteiger partial charge in [-0.05, 0) is 22.3 Å². The summed E-state index contributed by atoms with van der Waals surface area (Å²) in [6.45, 7) is 2.31. The minimum Gasteiger partial charge on any atom is -0.165 e. The molecular weight excluding hydrogens is 292 g/mol. The van der Waals surface area contributed by atoms with Crippen molar-refractivity contribution >= 4 is 18.5 Å². The Bertz CT molecular complexity index is 700. The number of rotatable bonds is 2. The summed E-state index contributed by atoms with van der Waals surface area (Å²) >= 11 is 7.24. The molecule has 2 aromatic rings. The van der Waals surface area contributed by atoms with E-state index in [0.29, 0.717) is 11.1 Å². The molecule has 0 N–H and O–H groups in total. The minimum atomic E-state index is -2.04. The van der Waals surface area contributed by atoms with E-state index in [-0.39, 0.29) is 0 Å². The lowest BCUT2D eigenvalue weighted by Crippen LogP contribution is -2.36. The lowest BCUT2D eigenvalue weighted by Gasteiger charge is -2.32. The van der Waals surface area contributed by atoms with Gasteiger partial charge in [-0.1, -0.05) is 79.4 Å². The van der Waals surface area contributed by atoms with Crippen LogP contribution in [-0.2, 0) is 0 Å². The molecule has 4 rings (SSSR count). The maximum Gasteiger partial charge on any atom is 0.175 e. The zero-order chi connectivity index (χ0) is 14.4. The van der Waals surface area contributed by atoms with Crippen LogP contribution >= 0.6 is 11.1 Å². The molecule has 0 heterocycles. The fourth-order valence-electron chi connectivity index (χ4n) is 3.76. The first-order chi connectivity index (χ1) is 10.2. The largest absolute Gasteiger partial charge is 0.175 e. The van der Waals surface area contributed by atoms with Gasteiger partial charge in [0.1, 0.15) is 0 Å². The van der Waals surface area contributed by atoms with Gasteiger partial charge in [0.05, 0.1) is 0 Å². The van der Waals surface area contributed by atoms with Gasteiger partial charge in [0, 0.05) is 11.1 Å². The molecule has 2 aliphatic rings. The van der Waals surface area contributed by atoms with E-state index in [1.54, 1.807) is 0 Å². The second-order valence-corrected chi connectivity index (χ2v) is 12.0. The summed E-state index contributed by atoms with van der Waals surface area (Å²) in [4.78, 5) is 0. The summed E-state index contributed by atoms with van der Waals surface area (Å²) in [6.07, 6.45) is 8.79. The number of hydrogen-bond acceptors (Lipinski definition) is 0. The normalized spacial score (nSPS) is 19.5. The molecule has 21 heavy (non-hydrogen) atoms. The van der Waals surface area contributed by atoms with Crippen LogP contribution in [0, 0.1) is 0 Å². The molecule has 2 aliphatic carbocycles. The standard InChI is InChI=1S/C19H17ClSi/c1-21(20,14-8-2-3-9-14)19-17-12-6-4-10-15(17)16-11-5-7-13-18(16)19/h2-14,19H,1H3. The van der Waals surface area contributed by atoms with E-state index in [0.717, 1.165) is 0 Å². The fraction of sp³-hybridized carbons (Fsp3) is 0.158. The van der Waals surface area contributed by atoms with Crippen LogP contribution in [-0.4, -0.2) is 7.38 Å². The van der Waals surface area contributed by atoms with E-state index >= 15 is 0 Å². The Morgan fingerprint density at radius 3 is 1.81 bits per heavy atom. The van der Waals surface area contributed by atoms with Gasteiger partial charge in [-0.15, -0.1) is 0 Å². The fourth-order valence-corrected chi connectivity index (χ4v) is 7.99. The van der Waals surface area contributed by atoms with E-state index in [4.69, 9.17) is 11.1 Å². The van der Waals surface area contributed by atoms with Gasteiger partial charge in [0.15, 0.2) is 7.38 Å². The van der Waals surface area contributed by atoms with E-state index in [1.165, 1.54) is 22.3 Å². The van der Waals surface area contributed by atoms with Crippen molar-refractivity contribution in [3.8, 4) is 11.1 Å². The molecule has 0 bridgehead atoms. The highest BCUT2D eigenvalue weighted by atomic mass is 35.6. The summed E-state index contributed by atoms with van der Waals surface area (Å²) < 4.78 is 0. The van der Waals surface area contributed by atoms with E-state index < -0.39 is 7.38 Å². The minimum absolute atomic E-state index is 0.365. The third kappa shape index (κ3) is 1.88. The summed E-state index contributed by atoms with van der Waals surface area (Å²) in [6, 6.07) is 17.5. The molecule has 104 valence electrons. The van der Waals surface area contributed by atoms with Crippen molar-refractivity contribution in [2.45, 2.75) is 17.6 Å². The average molecular weight is 309 g/mol. The molecule has 0 saturated heterocycles. The predicted octanol–water partition coefficient (Wildman–Crippen LogP) is 5.65. The zero-order valence-electron chi connectivity index (χ0n) is 12.0. The van der Waals surface area contributed by atoms with Crippen LogP contribution in [0.1, 0.15) is 16.7 Å². The van der Waals surface area contributed by atoms with E-state index in [1.807, 2.05) is 0 Å². The molecule has 2 heteroatoms. The Kier molecular flexibility index (Phi) is 2.95. The SMILES string of the molecule is C[Si](Cl)(C1C=CC=C1)C1c2ccccc2-c2ccccc21. The van der Waals surface area contributed by atoms with Crippen LogP contribution in [0.5, 0.6) is 0 Å². The van der Waals surface area contributed by atoms with Gasteiger partial charge in [0.25, 0.3) is 0 Å². The Morgan fingerprint density at radius 2 is 1.29 bits per heavy atom. The van der Waals surface area contributed by atoms with Crippen molar-refractivity contribution in [2.24, 2.45) is 0 Å². The number of hydrogen-bond donors (Lipinski definition) is 0. The second-order valence-electron chi connectivity index (χ2n) is 6.05. The molecule has 0 fully saturated rings. The molecule has 0 aliphatic heterocycles. The lowest BCUT2D eigenvalue weighted by molar-refractivity contribution is 1.10. The van der Waals surface area contributed by atoms with Crippen molar-refractivity contribution < 1.29 is 0 Å². The van der Waals surface area contributed by atoms with Crippen molar-refractivity contribution in [3.63, 3.8) is 0 Å². The smallest absolute Gasteiger partial charge is 0.165 e. The van der Waals surface area contributed by atoms with Gasteiger partial charge < -0.3 is 0 Å². The van der Waals surface area contributed by atoms with Gasteiger partial charge in [-0.2, -0.15) is 11.1 Å². The monoisotopic (exact) mass is 308 g/mol. The van der Waals surface area contributed by atoms with Crippen molar-refractivity contribution in [1.82, 2.24) is 0 Å². The summed E-state index contributed by atoms with van der Waals surface area (Å²) in [5, 5.41) is 0. The maximum absolute atomic E-state index is 7.24. The van der Waals surface area contributed by atoms with E-state index in [9.17, 15) is 0 Å². The van der Waals surface area contributed by atoms with Crippen LogP contribution < -0.4 is 0 Å². The van der Waals surface area contributed by atoms with Crippen LogP contribution in [0.2, 0.25) is 12.1 Å². The van der Waals surface area contributed by atoms with Crippen LogP contribution in [0.3, 0.4) is 0 Å². The highest BCUT2D eigenvalue weighted by Crippen LogP contribution is 2.53. The third-order valence-electron chi connectivity index (χ3n) is 4.80. The van der Waals surface area contributed by atoms with Crippen molar-refractivity contribution in [3.05, 3.63) is 84.0 Å². The van der Waals surface area contributed by atoms with Gasteiger partial charge in [0.2, 0.25) is 0 Å². The number of allylic oxidation sites excluding steroid dienone is 4. The highest BCUT2D eigenvalue weighted by Gasteiger charge is 2.46. The third-order valence-corrected chi connectivity index (χ3v) is 9.65. The summed E-state index contributed by atoms with van der Waals surface area (Å²) in [5.41, 5.74) is 6.33. The molecule has 1 unspecified atom stereocenters. The predicted molar refractivity (Wildman–Crippen MR) is 93.2 cm³/mol. The second kappa shape index (κ2) is 4.72. The van der Waals surface area contributed by atoms with Crippen molar-refractivity contribution in [2.75, 3.05) is 0 Å². The topological polar surface area (TPSA) is 0 Å². The van der Waals surface area contributed by atoms with Crippen molar-refractivity contribution in [1.29, 1.82) is 0 Å². The van der Waals surface area contributed by atoms with Gasteiger partial charge >= 0.3 is 0 Å². The Labute approximate surface area is 131 Å². The number of fused-ring (bicyclic) bond motifs is 3. The molecule has 0 radical (unpaired) electrons. The lowest BCUT2D eigenvalue weighted by atomic mass is 10.1.